The zero-order valence-electron chi connectivity index (χ0n) is 15.3. The Kier molecular flexibility index (Phi) is 5.11. The van der Waals surface area contributed by atoms with Crippen LogP contribution in [0.2, 0.25) is 0 Å². The van der Waals surface area contributed by atoms with Crippen LogP contribution in [-0.2, 0) is 0 Å². The number of anilines is 2. The van der Waals surface area contributed by atoms with E-state index in [2.05, 4.69) is 25.9 Å². The van der Waals surface area contributed by atoms with E-state index in [9.17, 15) is 9.59 Å². The molecule has 0 atom stereocenters. The zero-order chi connectivity index (χ0) is 20.1. The van der Waals surface area contributed by atoms with Crippen molar-refractivity contribution in [3.8, 4) is 0 Å². The molecule has 0 spiro atoms. The summed E-state index contributed by atoms with van der Waals surface area (Å²) in [6.45, 7) is 0. The largest absolute Gasteiger partial charge is 0.347 e. The van der Waals surface area contributed by atoms with Crippen molar-refractivity contribution in [2.24, 2.45) is 9.98 Å². The molecule has 142 valence electrons. The van der Waals surface area contributed by atoms with Gasteiger partial charge in [0.2, 0.25) is 0 Å². The third-order valence-corrected chi connectivity index (χ3v) is 4.14. The Morgan fingerprint density at radius 2 is 1.21 bits per heavy atom. The molecule has 4 amide bonds. The molecule has 3 aromatic rings. The zero-order valence-corrected chi connectivity index (χ0v) is 15.3. The summed E-state index contributed by atoms with van der Waals surface area (Å²) < 4.78 is 0. The first-order valence-electron chi connectivity index (χ1n) is 8.95. The van der Waals surface area contributed by atoms with Crippen molar-refractivity contribution in [3.63, 3.8) is 0 Å². The van der Waals surface area contributed by atoms with E-state index < -0.39 is 12.1 Å². The van der Waals surface area contributed by atoms with Gasteiger partial charge in [-0.2, -0.15) is 4.99 Å². The Hall–Kier alpha value is -4.26. The molecule has 0 aromatic heterocycles. The number of aliphatic imine (C=N–C) groups is 2. The second-order valence-electron chi connectivity index (χ2n) is 6.18. The van der Waals surface area contributed by atoms with Gasteiger partial charge in [-0.15, -0.1) is 0 Å². The lowest BCUT2D eigenvalue weighted by atomic mass is 10.1. The molecule has 3 N–H and O–H groups in total. The maximum Gasteiger partial charge on any atom is 0.347 e. The van der Waals surface area contributed by atoms with Crippen molar-refractivity contribution in [2.75, 3.05) is 10.6 Å². The quantitative estimate of drug-likeness (QED) is 0.617. The first-order chi connectivity index (χ1) is 14.2. The van der Waals surface area contributed by atoms with Crippen molar-refractivity contribution in [1.82, 2.24) is 5.32 Å². The summed E-state index contributed by atoms with van der Waals surface area (Å²) in [7, 11) is 0. The van der Waals surface area contributed by atoms with Gasteiger partial charge in [-0.1, -0.05) is 60.7 Å². The number of fused-ring (bicyclic) bond motifs is 1. The highest BCUT2D eigenvalue weighted by Gasteiger charge is 2.23. The Labute approximate surface area is 167 Å². The van der Waals surface area contributed by atoms with Crippen LogP contribution in [0.1, 0.15) is 11.1 Å². The molecule has 29 heavy (non-hydrogen) atoms. The van der Waals surface area contributed by atoms with E-state index in [1.54, 1.807) is 30.3 Å². The van der Waals surface area contributed by atoms with Crippen LogP contribution >= 0.6 is 0 Å². The maximum atomic E-state index is 12.3. The number of hydrogen-bond donors (Lipinski definition) is 3. The summed E-state index contributed by atoms with van der Waals surface area (Å²) in [6.07, 6.45) is 0. The summed E-state index contributed by atoms with van der Waals surface area (Å²) in [5.74, 6) is 0.573. The highest BCUT2D eigenvalue weighted by atomic mass is 16.2. The smallest absolute Gasteiger partial charge is 0.308 e. The van der Waals surface area contributed by atoms with E-state index in [0.717, 1.165) is 0 Å². The van der Waals surface area contributed by atoms with E-state index in [-0.39, 0.29) is 5.84 Å². The van der Waals surface area contributed by atoms with Crippen LogP contribution in [0.15, 0.2) is 94.9 Å². The number of amidine groups is 2. The molecule has 0 aliphatic carbocycles. The number of nitrogens with one attached hydrogen (secondary N) is 3. The van der Waals surface area contributed by atoms with E-state index >= 15 is 0 Å². The number of urea groups is 2. The number of amides is 4. The van der Waals surface area contributed by atoms with Crippen LogP contribution in [0, 0.1) is 0 Å². The number of para-hydroxylation sites is 2. The third-order valence-electron chi connectivity index (χ3n) is 4.14. The molecule has 3 aromatic carbocycles. The second-order valence-corrected chi connectivity index (χ2v) is 6.18. The molecule has 1 heterocycles. The van der Waals surface area contributed by atoms with Gasteiger partial charge in [0.1, 0.15) is 5.84 Å². The summed E-state index contributed by atoms with van der Waals surface area (Å²) in [5.41, 5.74) is 2.67. The van der Waals surface area contributed by atoms with Gasteiger partial charge in [-0.05, 0) is 24.3 Å². The highest BCUT2D eigenvalue weighted by molar-refractivity contribution is 6.27. The van der Waals surface area contributed by atoms with Crippen LogP contribution in [0.5, 0.6) is 0 Å². The molecule has 4 rings (SSSR count). The average Bonchev–Trinajstić information content (AvgIpc) is 3.06. The van der Waals surface area contributed by atoms with Gasteiger partial charge in [-0.3, -0.25) is 5.32 Å². The van der Waals surface area contributed by atoms with Gasteiger partial charge in [-0.25, -0.2) is 14.6 Å². The summed E-state index contributed by atoms with van der Waals surface area (Å²) in [4.78, 5) is 33.0. The molecular formula is C22H17N5O2. The fourth-order valence-electron chi connectivity index (χ4n) is 2.85. The Morgan fingerprint density at radius 3 is 1.86 bits per heavy atom. The molecule has 0 unspecified atom stereocenters. The minimum atomic E-state index is -0.542. The maximum absolute atomic E-state index is 12.3. The van der Waals surface area contributed by atoms with E-state index in [1.165, 1.54) is 0 Å². The second kappa shape index (κ2) is 8.18. The Morgan fingerprint density at radius 1 is 0.655 bits per heavy atom. The van der Waals surface area contributed by atoms with Crippen molar-refractivity contribution < 1.29 is 9.59 Å². The van der Waals surface area contributed by atoms with Crippen LogP contribution < -0.4 is 16.0 Å². The first-order valence-corrected chi connectivity index (χ1v) is 8.95. The summed E-state index contributed by atoms with van der Waals surface area (Å²) in [5, 5.41) is 8.15. The van der Waals surface area contributed by atoms with Crippen LogP contribution in [0.4, 0.5) is 21.0 Å². The fraction of sp³-hybridized carbons (Fsp3) is 0. The minimum absolute atomic E-state index is 0.240. The third kappa shape index (κ3) is 4.36. The first kappa shape index (κ1) is 18.1. The molecule has 0 radical (unpaired) electrons. The summed E-state index contributed by atoms with van der Waals surface area (Å²) in [6, 6.07) is 24.4. The topological polar surface area (TPSA) is 95.0 Å². The number of benzene rings is 3. The summed E-state index contributed by atoms with van der Waals surface area (Å²) >= 11 is 0. The molecule has 0 saturated heterocycles. The lowest BCUT2D eigenvalue weighted by molar-refractivity contribution is 0.256. The molecule has 7 nitrogen and oxygen atoms in total. The molecule has 1 aliphatic rings. The molecule has 0 saturated carbocycles. The number of rotatable bonds is 2. The molecule has 7 heteroatoms. The van der Waals surface area contributed by atoms with Gasteiger partial charge >= 0.3 is 12.1 Å². The van der Waals surface area contributed by atoms with E-state index in [4.69, 9.17) is 0 Å². The predicted octanol–water partition coefficient (Wildman–Crippen LogP) is 4.25. The van der Waals surface area contributed by atoms with Crippen molar-refractivity contribution in [1.29, 1.82) is 0 Å². The van der Waals surface area contributed by atoms with E-state index in [1.807, 2.05) is 54.6 Å². The van der Waals surface area contributed by atoms with Gasteiger partial charge < -0.3 is 10.6 Å². The molecule has 0 fully saturated rings. The van der Waals surface area contributed by atoms with Crippen molar-refractivity contribution >= 4 is 35.1 Å². The Bertz CT molecular complexity index is 1110. The number of carbonyl (C=O) groups is 2. The van der Waals surface area contributed by atoms with E-state index in [0.29, 0.717) is 28.3 Å². The normalized spacial score (nSPS) is 13.4. The molecule has 0 bridgehead atoms. The predicted molar refractivity (Wildman–Crippen MR) is 114 cm³/mol. The SMILES string of the molecule is O=C(/N=C1\N=C(NC(=O)Nc2ccccc2)c2ccccc21)Nc1ccccc1. The van der Waals surface area contributed by atoms with Crippen LogP contribution in [-0.4, -0.2) is 23.7 Å². The van der Waals surface area contributed by atoms with Crippen LogP contribution in [0.3, 0.4) is 0 Å². The highest BCUT2D eigenvalue weighted by Crippen LogP contribution is 2.19. The van der Waals surface area contributed by atoms with Crippen molar-refractivity contribution in [2.45, 2.75) is 0 Å². The standard InChI is InChI=1S/C22H17N5O2/c28-21(23-15-9-3-1-4-10-15)26-19-17-13-7-8-14-18(17)20(25-19)27-22(29)24-16-11-5-2-6-12-16/h1-14H,(H3,23,24,25,26,27,28,29). The van der Waals surface area contributed by atoms with Gasteiger partial charge in [0, 0.05) is 22.5 Å². The monoisotopic (exact) mass is 383 g/mol. The lowest BCUT2D eigenvalue weighted by Gasteiger charge is -2.07. The average molecular weight is 383 g/mol. The van der Waals surface area contributed by atoms with Crippen LogP contribution in [0.25, 0.3) is 0 Å². The molecule has 1 aliphatic heterocycles. The van der Waals surface area contributed by atoms with Gasteiger partial charge in [0.05, 0.1) is 0 Å². The van der Waals surface area contributed by atoms with Gasteiger partial charge in [0.25, 0.3) is 0 Å². The minimum Gasteiger partial charge on any atom is -0.308 e. The van der Waals surface area contributed by atoms with Gasteiger partial charge in [0.15, 0.2) is 5.84 Å². The van der Waals surface area contributed by atoms with Crippen molar-refractivity contribution in [3.05, 3.63) is 96.1 Å². The number of nitrogens with zero attached hydrogens (tertiary/aromatic N) is 2. The lowest BCUT2D eigenvalue weighted by Crippen LogP contribution is -2.34. The fourth-order valence-corrected chi connectivity index (χ4v) is 2.85. The Balaban J connectivity index is 1.53. The molecular weight excluding hydrogens is 366 g/mol. The number of hydrogen-bond acceptors (Lipinski definition) is 2. The number of carbonyl (C=O) groups excluding carboxylic acids is 2.